The van der Waals surface area contributed by atoms with E-state index in [1.807, 2.05) is 6.92 Å². The summed E-state index contributed by atoms with van der Waals surface area (Å²) in [4.78, 5) is 23.1. The highest BCUT2D eigenvalue weighted by Crippen LogP contribution is 2.38. The normalized spacial score (nSPS) is 17.2. The predicted molar refractivity (Wildman–Crippen MR) is 78.1 cm³/mol. The van der Waals surface area contributed by atoms with Crippen molar-refractivity contribution in [2.45, 2.75) is 45.4 Å². The minimum absolute atomic E-state index is 0. The van der Waals surface area contributed by atoms with Gasteiger partial charge in [0.15, 0.2) is 0 Å². The molecule has 2 amide bonds. The lowest BCUT2D eigenvalue weighted by molar-refractivity contribution is -0.127. The third kappa shape index (κ3) is 6.25. The van der Waals surface area contributed by atoms with Crippen LogP contribution in [0.5, 0.6) is 0 Å². The fourth-order valence-corrected chi connectivity index (χ4v) is 2.60. The molecule has 0 aromatic heterocycles. The van der Waals surface area contributed by atoms with Crippen LogP contribution in [-0.2, 0) is 9.59 Å². The third-order valence-corrected chi connectivity index (χ3v) is 3.70. The van der Waals surface area contributed by atoms with Crippen molar-refractivity contribution < 1.29 is 9.59 Å². The Hall–Kier alpha value is -0.810. The second-order valence-electron chi connectivity index (χ2n) is 5.17. The van der Waals surface area contributed by atoms with Crippen LogP contribution in [0.25, 0.3) is 0 Å². The second-order valence-corrected chi connectivity index (χ2v) is 5.17. The van der Waals surface area contributed by atoms with Crippen LogP contribution >= 0.6 is 12.4 Å². The first-order valence-corrected chi connectivity index (χ1v) is 6.85. The fraction of sp³-hybridized carbons (Fsp3) is 0.846. The summed E-state index contributed by atoms with van der Waals surface area (Å²) < 4.78 is 0. The van der Waals surface area contributed by atoms with Crippen molar-refractivity contribution in [3.05, 3.63) is 0 Å². The molecule has 1 saturated carbocycles. The van der Waals surface area contributed by atoms with Crippen molar-refractivity contribution >= 4 is 24.2 Å². The topological polar surface area (TPSA) is 84.2 Å². The Labute approximate surface area is 121 Å². The lowest BCUT2D eigenvalue weighted by atomic mass is 9.71. The molecule has 0 atom stereocenters. The summed E-state index contributed by atoms with van der Waals surface area (Å²) in [6.45, 7) is 3.06. The first-order chi connectivity index (χ1) is 8.62. The Kier molecular flexibility index (Phi) is 8.76. The lowest BCUT2D eigenvalue weighted by Crippen LogP contribution is -2.41. The fourth-order valence-electron chi connectivity index (χ4n) is 2.60. The smallest absolute Gasteiger partial charge is 0.239 e. The second kappa shape index (κ2) is 9.15. The van der Waals surface area contributed by atoms with Gasteiger partial charge in [-0.05, 0) is 31.7 Å². The van der Waals surface area contributed by atoms with Crippen molar-refractivity contribution in [3.63, 3.8) is 0 Å². The van der Waals surface area contributed by atoms with Gasteiger partial charge < -0.3 is 16.4 Å². The molecule has 0 unspecified atom stereocenters. The van der Waals surface area contributed by atoms with Gasteiger partial charge in [0, 0.05) is 13.0 Å². The van der Waals surface area contributed by atoms with Crippen LogP contribution in [-0.4, -0.2) is 31.4 Å². The maximum absolute atomic E-state index is 11.8. The van der Waals surface area contributed by atoms with E-state index in [-0.39, 0.29) is 36.2 Å². The Morgan fingerprint density at radius 2 is 1.74 bits per heavy atom. The van der Waals surface area contributed by atoms with Crippen LogP contribution in [0.1, 0.15) is 45.4 Å². The first-order valence-electron chi connectivity index (χ1n) is 6.85. The average molecular weight is 292 g/mol. The van der Waals surface area contributed by atoms with E-state index < -0.39 is 0 Å². The van der Waals surface area contributed by atoms with Gasteiger partial charge in [-0.2, -0.15) is 0 Å². The monoisotopic (exact) mass is 291 g/mol. The highest BCUT2D eigenvalue weighted by Gasteiger charge is 2.32. The summed E-state index contributed by atoms with van der Waals surface area (Å²) >= 11 is 0. The van der Waals surface area contributed by atoms with Gasteiger partial charge in [-0.25, -0.2) is 0 Å². The first kappa shape index (κ1) is 18.2. The Bertz CT molecular complexity index is 292. The number of nitrogens with one attached hydrogen (secondary N) is 2. The van der Waals surface area contributed by atoms with E-state index >= 15 is 0 Å². The molecule has 0 aromatic carbocycles. The standard InChI is InChI=1S/C13H25N3O2.ClH/c1-2-15-12(18)9-16-11(17)8-13(10-14)6-4-3-5-7-13;/h2-10,14H2,1H3,(H,15,18)(H,16,17);1H. The van der Waals surface area contributed by atoms with Crippen LogP contribution in [0.2, 0.25) is 0 Å². The van der Waals surface area contributed by atoms with Crippen LogP contribution in [0.4, 0.5) is 0 Å². The molecule has 6 heteroatoms. The summed E-state index contributed by atoms with van der Waals surface area (Å²) in [5, 5.41) is 5.32. The van der Waals surface area contributed by atoms with E-state index in [4.69, 9.17) is 5.73 Å². The molecular weight excluding hydrogens is 266 g/mol. The molecule has 4 N–H and O–H groups in total. The number of likely N-dealkylation sites (N-methyl/N-ethyl adjacent to an activating group) is 1. The van der Waals surface area contributed by atoms with Gasteiger partial charge in [0.05, 0.1) is 6.54 Å². The van der Waals surface area contributed by atoms with Gasteiger partial charge in [-0.1, -0.05) is 19.3 Å². The molecule has 0 aliphatic heterocycles. The molecule has 112 valence electrons. The molecule has 0 bridgehead atoms. The van der Waals surface area contributed by atoms with Crippen molar-refractivity contribution in [2.24, 2.45) is 11.1 Å². The maximum Gasteiger partial charge on any atom is 0.239 e. The summed E-state index contributed by atoms with van der Waals surface area (Å²) in [7, 11) is 0. The molecule has 0 aromatic rings. The Balaban J connectivity index is 0.00000324. The van der Waals surface area contributed by atoms with E-state index in [0.29, 0.717) is 19.5 Å². The molecular formula is C13H26ClN3O2. The van der Waals surface area contributed by atoms with Gasteiger partial charge in [-0.3, -0.25) is 9.59 Å². The van der Waals surface area contributed by atoms with E-state index in [0.717, 1.165) is 25.7 Å². The van der Waals surface area contributed by atoms with Gasteiger partial charge >= 0.3 is 0 Å². The summed E-state index contributed by atoms with van der Waals surface area (Å²) in [5.74, 6) is -0.204. The number of hydrogen-bond donors (Lipinski definition) is 3. The largest absolute Gasteiger partial charge is 0.355 e. The number of rotatable bonds is 6. The predicted octanol–water partition coefficient (Wildman–Crippen LogP) is 0.960. The SMILES string of the molecule is CCNC(=O)CNC(=O)CC1(CN)CCCCC1.Cl. The number of carbonyl (C=O) groups excluding carboxylic acids is 2. The molecule has 19 heavy (non-hydrogen) atoms. The molecule has 0 spiro atoms. The van der Waals surface area contributed by atoms with E-state index in [2.05, 4.69) is 10.6 Å². The molecule has 1 fully saturated rings. The van der Waals surface area contributed by atoms with E-state index in [1.165, 1.54) is 6.42 Å². The van der Waals surface area contributed by atoms with Crippen molar-refractivity contribution in [1.82, 2.24) is 10.6 Å². The Morgan fingerprint density at radius 3 is 2.26 bits per heavy atom. The molecule has 1 aliphatic rings. The van der Waals surface area contributed by atoms with Gasteiger partial charge in [0.1, 0.15) is 0 Å². The average Bonchev–Trinajstić information content (AvgIpc) is 2.38. The van der Waals surface area contributed by atoms with Crippen LogP contribution < -0.4 is 16.4 Å². The van der Waals surface area contributed by atoms with E-state index in [9.17, 15) is 9.59 Å². The molecule has 5 nitrogen and oxygen atoms in total. The summed E-state index contributed by atoms with van der Waals surface area (Å²) in [6.07, 6.45) is 6.04. The lowest BCUT2D eigenvalue weighted by Gasteiger charge is -2.35. The summed E-state index contributed by atoms with van der Waals surface area (Å²) in [6, 6.07) is 0. The van der Waals surface area contributed by atoms with Gasteiger partial charge in [-0.15, -0.1) is 12.4 Å². The zero-order chi connectivity index (χ0) is 13.4. The number of hydrogen-bond acceptors (Lipinski definition) is 3. The van der Waals surface area contributed by atoms with Gasteiger partial charge in [0.2, 0.25) is 11.8 Å². The number of nitrogens with two attached hydrogens (primary N) is 1. The minimum Gasteiger partial charge on any atom is -0.355 e. The van der Waals surface area contributed by atoms with Crippen molar-refractivity contribution in [3.8, 4) is 0 Å². The zero-order valence-corrected chi connectivity index (χ0v) is 12.5. The van der Waals surface area contributed by atoms with Crippen LogP contribution in [0.15, 0.2) is 0 Å². The Morgan fingerprint density at radius 1 is 1.11 bits per heavy atom. The molecule has 1 aliphatic carbocycles. The molecule has 0 saturated heterocycles. The quantitative estimate of drug-likeness (QED) is 0.681. The minimum atomic E-state index is -0.142. The number of halogens is 1. The summed E-state index contributed by atoms with van der Waals surface area (Å²) in [5.41, 5.74) is 5.79. The van der Waals surface area contributed by atoms with Gasteiger partial charge in [0.25, 0.3) is 0 Å². The zero-order valence-electron chi connectivity index (χ0n) is 11.7. The highest BCUT2D eigenvalue weighted by atomic mass is 35.5. The van der Waals surface area contributed by atoms with E-state index in [1.54, 1.807) is 0 Å². The van der Waals surface area contributed by atoms with Crippen LogP contribution in [0.3, 0.4) is 0 Å². The number of amides is 2. The third-order valence-electron chi connectivity index (χ3n) is 3.70. The maximum atomic E-state index is 11.8. The molecule has 0 heterocycles. The van der Waals surface area contributed by atoms with Crippen molar-refractivity contribution in [1.29, 1.82) is 0 Å². The molecule has 1 rings (SSSR count). The molecule has 0 radical (unpaired) electrons. The van der Waals surface area contributed by atoms with Crippen LogP contribution in [0, 0.1) is 5.41 Å². The van der Waals surface area contributed by atoms with Crippen molar-refractivity contribution in [2.75, 3.05) is 19.6 Å². The highest BCUT2D eigenvalue weighted by molar-refractivity contribution is 5.85. The number of carbonyl (C=O) groups is 2.